The van der Waals surface area contributed by atoms with Crippen molar-refractivity contribution >= 4 is 5.97 Å². The first kappa shape index (κ1) is 16.2. The lowest BCUT2D eigenvalue weighted by atomic mass is 10.1. The molecule has 0 aliphatic heterocycles. The van der Waals surface area contributed by atoms with Gasteiger partial charge in [0.1, 0.15) is 35.9 Å². The van der Waals surface area contributed by atoms with Crippen molar-refractivity contribution in [1.29, 1.82) is 0 Å². The van der Waals surface area contributed by atoms with Gasteiger partial charge in [-0.1, -0.05) is 30.3 Å². The smallest absolute Gasteiger partial charge is 0.342 e. The number of aliphatic hydroxyl groups excluding tert-OH is 3. The topological polar surface area (TPSA) is 100 Å². The molecule has 1 aromatic heterocycles. The second-order valence-electron chi connectivity index (χ2n) is 4.88. The van der Waals surface area contributed by atoms with Crippen LogP contribution in [0.2, 0.25) is 0 Å². The van der Waals surface area contributed by atoms with E-state index in [9.17, 15) is 15.0 Å². The number of furan rings is 1. The summed E-state index contributed by atoms with van der Waals surface area (Å²) in [5.41, 5.74) is 1.03. The molecule has 6 nitrogen and oxygen atoms in total. The third-order valence-corrected chi connectivity index (χ3v) is 3.21. The van der Waals surface area contributed by atoms with E-state index in [-0.39, 0.29) is 23.7 Å². The van der Waals surface area contributed by atoms with Crippen molar-refractivity contribution in [2.45, 2.75) is 25.7 Å². The molecule has 2 atom stereocenters. The normalized spacial score (nSPS) is 13.6. The molecule has 2 aromatic rings. The number of ether oxygens (including phenoxy) is 1. The van der Waals surface area contributed by atoms with Gasteiger partial charge in [-0.15, -0.1) is 0 Å². The van der Waals surface area contributed by atoms with Crippen molar-refractivity contribution in [2.24, 2.45) is 0 Å². The van der Waals surface area contributed by atoms with E-state index in [4.69, 9.17) is 14.3 Å². The zero-order valence-electron chi connectivity index (χ0n) is 12.1. The van der Waals surface area contributed by atoms with Crippen molar-refractivity contribution in [3.63, 3.8) is 0 Å². The summed E-state index contributed by atoms with van der Waals surface area (Å²) in [5, 5.41) is 28.0. The third-order valence-electron chi connectivity index (χ3n) is 3.21. The molecular formula is C16H18O6. The number of aryl methyl sites for hydroxylation is 1. The summed E-state index contributed by atoms with van der Waals surface area (Å²) in [5.74, 6) is -0.301. The summed E-state index contributed by atoms with van der Waals surface area (Å²) in [4.78, 5) is 12.0. The van der Waals surface area contributed by atoms with E-state index < -0.39 is 24.8 Å². The molecule has 1 aromatic carbocycles. The van der Waals surface area contributed by atoms with Gasteiger partial charge >= 0.3 is 5.97 Å². The number of carbonyl (C=O) groups is 1. The van der Waals surface area contributed by atoms with Crippen LogP contribution in [0.1, 0.15) is 33.5 Å². The van der Waals surface area contributed by atoms with Crippen LogP contribution in [0.3, 0.4) is 0 Å². The van der Waals surface area contributed by atoms with Crippen LogP contribution >= 0.6 is 0 Å². The maximum Gasteiger partial charge on any atom is 0.342 e. The minimum atomic E-state index is -1.40. The van der Waals surface area contributed by atoms with E-state index in [1.807, 2.05) is 30.3 Å². The number of rotatable bonds is 6. The van der Waals surface area contributed by atoms with Crippen molar-refractivity contribution in [3.05, 3.63) is 59.0 Å². The summed E-state index contributed by atoms with van der Waals surface area (Å²) in [6.45, 7) is 1.07. The number of hydrogen-bond acceptors (Lipinski definition) is 6. The fraction of sp³-hybridized carbons (Fsp3) is 0.312. The van der Waals surface area contributed by atoms with Crippen LogP contribution in [-0.2, 0) is 11.3 Å². The van der Waals surface area contributed by atoms with Gasteiger partial charge in [-0.25, -0.2) is 4.79 Å². The second kappa shape index (κ2) is 7.22. The minimum absolute atomic E-state index is 0.00529. The van der Waals surface area contributed by atoms with Crippen molar-refractivity contribution in [2.75, 3.05) is 6.61 Å². The van der Waals surface area contributed by atoms with Gasteiger partial charge in [0.05, 0.1) is 6.61 Å². The Bertz CT molecular complexity index is 619. The molecule has 0 fully saturated rings. The molecule has 0 unspecified atom stereocenters. The summed E-state index contributed by atoms with van der Waals surface area (Å²) in [7, 11) is 0. The molecule has 0 saturated carbocycles. The van der Waals surface area contributed by atoms with Crippen LogP contribution < -0.4 is 0 Å². The molecule has 6 heteroatoms. The van der Waals surface area contributed by atoms with E-state index in [2.05, 4.69) is 0 Å². The summed E-state index contributed by atoms with van der Waals surface area (Å²) < 4.78 is 10.4. The highest BCUT2D eigenvalue weighted by molar-refractivity contribution is 5.90. The van der Waals surface area contributed by atoms with Crippen LogP contribution in [0.5, 0.6) is 0 Å². The SMILES string of the molecule is Cc1oc([C@H](O)[C@H](O)CO)cc1C(=O)OCc1ccccc1. The highest BCUT2D eigenvalue weighted by atomic mass is 16.5. The fourth-order valence-electron chi connectivity index (χ4n) is 1.94. The summed E-state index contributed by atoms with van der Waals surface area (Å²) in [6, 6.07) is 10.5. The quantitative estimate of drug-likeness (QED) is 0.696. The molecule has 0 radical (unpaired) electrons. The highest BCUT2D eigenvalue weighted by Crippen LogP contribution is 2.24. The molecule has 118 valence electrons. The zero-order valence-corrected chi connectivity index (χ0v) is 12.1. The van der Waals surface area contributed by atoms with E-state index in [1.165, 1.54) is 6.07 Å². The Hall–Kier alpha value is -2.15. The largest absolute Gasteiger partial charge is 0.463 e. The molecule has 2 rings (SSSR count). The van der Waals surface area contributed by atoms with Gasteiger partial charge in [0.25, 0.3) is 0 Å². The Labute approximate surface area is 127 Å². The number of benzene rings is 1. The molecule has 22 heavy (non-hydrogen) atoms. The Morgan fingerprint density at radius 2 is 1.95 bits per heavy atom. The van der Waals surface area contributed by atoms with Crippen LogP contribution in [0.4, 0.5) is 0 Å². The van der Waals surface area contributed by atoms with Crippen molar-refractivity contribution in [3.8, 4) is 0 Å². The van der Waals surface area contributed by atoms with Gasteiger partial charge in [0, 0.05) is 0 Å². The van der Waals surface area contributed by atoms with Crippen LogP contribution in [0.15, 0.2) is 40.8 Å². The lowest BCUT2D eigenvalue weighted by Crippen LogP contribution is -2.21. The average Bonchev–Trinajstić information content (AvgIpc) is 2.94. The number of esters is 1. The fourth-order valence-corrected chi connectivity index (χ4v) is 1.94. The van der Waals surface area contributed by atoms with Gasteiger partial charge in [0.15, 0.2) is 0 Å². The predicted molar refractivity (Wildman–Crippen MR) is 77.1 cm³/mol. The Morgan fingerprint density at radius 1 is 1.27 bits per heavy atom. The van der Waals surface area contributed by atoms with Crippen LogP contribution in [0.25, 0.3) is 0 Å². The maximum atomic E-state index is 12.0. The van der Waals surface area contributed by atoms with Crippen LogP contribution in [-0.4, -0.2) is 34.0 Å². The molecule has 0 bridgehead atoms. The van der Waals surface area contributed by atoms with Crippen molar-refractivity contribution in [1.82, 2.24) is 0 Å². The van der Waals surface area contributed by atoms with Gasteiger partial charge < -0.3 is 24.5 Å². The first-order valence-corrected chi connectivity index (χ1v) is 6.81. The molecule has 0 aliphatic carbocycles. The lowest BCUT2D eigenvalue weighted by Gasteiger charge is -2.12. The molecule has 0 spiro atoms. The van der Waals surface area contributed by atoms with Crippen molar-refractivity contribution < 1.29 is 29.3 Å². The van der Waals surface area contributed by atoms with E-state index >= 15 is 0 Å². The van der Waals surface area contributed by atoms with Gasteiger partial charge in [-0.05, 0) is 18.6 Å². The monoisotopic (exact) mass is 306 g/mol. The van der Waals surface area contributed by atoms with Gasteiger partial charge in [0.2, 0.25) is 0 Å². The lowest BCUT2D eigenvalue weighted by molar-refractivity contribution is -0.0254. The Kier molecular flexibility index (Phi) is 5.32. The van der Waals surface area contributed by atoms with Gasteiger partial charge in [-0.3, -0.25) is 0 Å². The summed E-state index contributed by atoms with van der Waals surface area (Å²) in [6.07, 6.45) is -2.78. The molecule has 0 aliphatic rings. The molecule has 3 N–H and O–H groups in total. The number of aliphatic hydroxyl groups is 3. The molecule has 0 saturated heterocycles. The standard InChI is InChI=1S/C16H18O6/c1-10-12(7-14(22-10)15(19)13(18)8-17)16(20)21-9-11-5-3-2-4-6-11/h2-7,13,15,17-19H,8-9H2,1H3/t13-,15-/m1/s1. The molecule has 0 amide bonds. The zero-order chi connectivity index (χ0) is 16.1. The third kappa shape index (κ3) is 3.73. The Morgan fingerprint density at radius 3 is 2.59 bits per heavy atom. The Balaban J connectivity index is 2.05. The first-order valence-electron chi connectivity index (χ1n) is 6.81. The number of hydrogen-bond donors (Lipinski definition) is 3. The predicted octanol–water partition coefficient (Wildman–Crippen LogP) is 1.33. The molecular weight excluding hydrogens is 288 g/mol. The highest BCUT2D eigenvalue weighted by Gasteiger charge is 2.25. The summed E-state index contributed by atoms with van der Waals surface area (Å²) >= 11 is 0. The van der Waals surface area contributed by atoms with E-state index in [0.29, 0.717) is 0 Å². The molecule has 1 heterocycles. The minimum Gasteiger partial charge on any atom is -0.463 e. The van der Waals surface area contributed by atoms with E-state index in [0.717, 1.165) is 5.56 Å². The van der Waals surface area contributed by atoms with E-state index in [1.54, 1.807) is 6.92 Å². The first-order chi connectivity index (χ1) is 10.5. The van der Waals surface area contributed by atoms with Gasteiger partial charge in [-0.2, -0.15) is 0 Å². The number of carbonyl (C=O) groups excluding carboxylic acids is 1. The average molecular weight is 306 g/mol. The maximum absolute atomic E-state index is 12.0. The van der Waals surface area contributed by atoms with Crippen LogP contribution in [0, 0.1) is 6.92 Å². The second-order valence-corrected chi connectivity index (χ2v) is 4.88.